The van der Waals surface area contributed by atoms with Gasteiger partial charge in [0.2, 0.25) is 5.91 Å². The Morgan fingerprint density at radius 1 is 1.17 bits per heavy atom. The molecule has 1 saturated carbocycles. The molecule has 0 aromatic rings. The number of ether oxygens (including phenoxy) is 1. The van der Waals surface area contributed by atoms with Gasteiger partial charge >= 0.3 is 0 Å². The van der Waals surface area contributed by atoms with Crippen LogP contribution in [0.3, 0.4) is 0 Å². The fraction of sp³-hybridized carbons (Fsp3) is 0.929. The van der Waals surface area contributed by atoms with Crippen molar-refractivity contribution in [3.8, 4) is 0 Å². The molecule has 0 heterocycles. The van der Waals surface area contributed by atoms with Gasteiger partial charge in [-0.3, -0.25) is 4.79 Å². The summed E-state index contributed by atoms with van der Waals surface area (Å²) in [7, 11) is 0. The van der Waals surface area contributed by atoms with Gasteiger partial charge in [0.05, 0.1) is 6.61 Å². The van der Waals surface area contributed by atoms with Crippen LogP contribution in [0, 0.1) is 0 Å². The normalized spacial score (nSPS) is 23.9. The number of carbonyl (C=O) groups is 1. The summed E-state index contributed by atoms with van der Waals surface area (Å²) < 4.78 is 5.18. The van der Waals surface area contributed by atoms with Gasteiger partial charge in [-0.2, -0.15) is 0 Å². The van der Waals surface area contributed by atoms with Gasteiger partial charge in [0.25, 0.3) is 0 Å². The molecule has 1 aliphatic rings. The highest BCUT2D eigenvalue weighted by atomic mass is 16.5. The standard InChI is InChI=1S/C14H28N2O2/c1-3-10-15-12-5-7-13(8-6-12)16-14(17)9-11-18-4-2/h12-13,15H,3-11H2,1-2H3,(H,16,17). The number of hydrogen-bond donors (Lipinski definition) is 2. The summed E-state index contributed by atoms with van der Waals surface area (Å²) in [5.41, 5.74) is 0. The lowest BCUT2D eigenvalue weighted by molar-refractivity contribution is -0.123. The number of nitrogens with one attached hydrogen (secondary N) is 2. The molecular formula is C14H28N2O2. The molecule has 4 heteroatoms. The quantitative estimate of drug-likeness (QED) is 0.652. The minimum atomic E-state index is 0.133. The van der Waals surface area contributed by atoms with E-state index < -0.39 is 0 Å². The average Bonchev–Trinajstić information content (AvgIpc) is 2.38. The first-order valence-electron chi connectivity index (χ1n) is 7.36. The summed E-state index contributed by atoms with van der Waals surface area (Å²) in [4.78, 5) is 11.6. The van der Waals surface area contributed by atoms with Crippen LogP contribution in [-0.2, 0) is 9.53 Å². The molecule has 1 fully saturated rings. The monoisotopic (exact) mass is 256 g/mol. The maximum absolute atomic E-state index is 11.6. The number of amides is 1. The molecule has 1 amide bonds. The second-order valence-electron chi connectivity index (χ2n) is 5.02. The summed E-state index contributed by atoms with van der Waals surface area (Å²) in [5.74, 6) is 0.133. The van der Waals surface area contributed by atoms with Crippen LogP contribution >= 0.6 is 0 Å². The van der Waals surface area contributed by atoms with Gasteiger partial charge in [-0.25, -0.2) is 0 Å². The van der Waals surface area contributed by atoms with Crippen molar-refractivity contribution in [2.45, 2.75) is 64.5 Å². The van der Waals surface area contributed by atoms with Crippen LogP contribution in [-0.4, -0.2) is 37.7 Å². The van der Waals surface area contributed by atoms with Gasteiger partial charge in [-0.05, 0) is 45.6 Å². The molecule has 0 saturated heterocycles. The zero-order valence-corrected chi connectivity index (χ0v) is 11.8. The lowest BCUT2D eigenvalue weighted by atomic mass is 9.91. The molecular weight excluding hydrogens is 228 g/mol. The Labute approximate surface area is 111 Å². The molecule has 0 spiro atoms. The van der Waals surface area contributed by atoms with E-state index >= 15 is 0 Å². The van der Waals surface area contributed by atoms with Gasteiger partial charge in [0.15, 0.2) is 0 Å². The van der Waals surface area contributed by atoms with Crippen molar-refractivity contribution < 1.29 is 9.53 Å². The number of carbonyl (C=O) groups excluding carboxylic acids is 1. The Morgan fingerprint density at radius 3 is 2.44 bits per heavy atom. The third-order valence-corrected chi connectivity index (χ3v) is 3.45. The Hall–Kier alpha value is -0.610. The van der Waals surface area contributed by atoms with Crippen LogP contribution in [0.15, 0.2) is 0 Å². The van der Waals surface area contributed by atoms with E-state index in [0.717, 1.165) is 19.4 Å². The van der Waals surface area contributed by atoms with E-state index in [4.69, 9.17) is 4.74 Å². The van der Waals surface area contributed by atoms with Crippen LogP contribution < -0.4 is 10.6 Å². The summed E-state index contributed by atoms with van der Waals surface area (Å²) in [6, 6.07) is 1.03. The van der Waals surface area contributed by atoms with E-state index in [-0.39, 0.29) is 5.91 Å². The smallest absolute Gasteiger partial charge is 0.222 e. The van der Waals surface area contributed by atoms with Crippen molar-refractivity contribution in [3.05, 3.63) is 0 Å². The first kappa shape index (κ1) is 15.4. The molecule has 2 N–H and O–H groups in total. The van der Waals surface area contributed by atoms with E-state index in [1.54, 1.807) is 0 Å². The summed E-state index contributed by atoms with van der Waals surface area (Å²) in [6.45, 7) is 6.47. The topological polar surface area (TPSA) is 50.4 Å². The summed E-state index contributed by atoms with van der Waals surface area (Å²) >= 11 is 0. The molecule has 0 aromatic heterocycles. The van der Waals surface area contributed by atoms with Crippen LogP contribution in [0.1, 0.15) is 52.4 Å². The first-order valence-corrected chi connectivity index (χ1v) is 7.36. The molecule has 0 unspecified atom stereocenters. The molecule has 0 aromatic carbocycles. The minimum absolute atomic E-state index is 0.133. The Balaban J connectivity index is 2.09. The SMILES string of the molecule is CCCNC1CCC(NC(=O)CCOCC)CC1. The van der Waals surface area contributed by atoms with Crippen LogP contribution in [0.2, 0.25) is 0 Å². The van der Waals surface area contributed by atoms with Gasteiger partial charge in [-0.1, -0.05) is 6.92 Å². The molecule has 0 atom stereocenters. The Bertz CT molecular complexity index is 226. The lowest BCUT2D eigenvalue weighted by Gasteiger charge is -2.29. The van der Waals surface area contributed by atoms with Crippen LogP contribution in [0.4, 0.5) is 0 Å². The first-order chi connectivity index (χ1) is 8.76. The van der Waals surface area contributed by atoms with Crippen LogP contribution in [0.5, 0.6) is 0 Å². The second kappa shape index (κ2) is 9.34. The highest BCUT2D eigenvalue weighted by Gasteiger charge is 2.21. The predicted molar refractivity (Wildman–Crippen MR) is 73.6 cm³/mol. The average molecular weight is 256 g/mol. The molecule has 18 heavy (non-hydrogen) atoms. The fourth-order valence-electron chi connectivity index (χ4n) is 2.40. The molecule has 1 aliphatic carbocycles. The van der Waals surface area contributed by atoms with Gasteiger partial charge in [-0.15, -0.1) is 0 Å². The van der Waals surface area contributed by atoms with E-state index in [9.17, 15) is 4.79 Å². The highest BCUT2D eigenvalue weighted by Crippen LogP contribution is 2.18. The van der Waals surface area contributed by atoms with E-state index in [2.05, 4.69) is 17.6 Å². The van der Waals surface area contributed by atoms with Crippen molar-refractivity contribution in [3.63, 3.8) is 0 Å². The van der Waals surface area contributed by atoms with E-state index in [1.807, 2.05) is 6.92 Å². The van der Waals surface area contributed by atoms with Crippen LogP contribution in [0.25, 0.3) is 0 Å². The molecule has 4 nitrogen and oxygen atoms in total. The minimum Gasteiger partial charge on any atom is -0.381 e. The lowest BCUT2D eigenvalue weighted by Crippen LogP contribution is -2.42. The van der Waals surface area contributed by atoms with E-state index in [0.29, 0.717) is 31.7 Å². The Kier molecular flexibility index (Phi) is 8.01. The predicted octanol–water partition coefficient (Wildman–Crippen LogP) is 1.84. The zero-order valence-electron chi connectivity index (χ0n) is 11.8. The maximum Gasteiger partial charge on any atom is 0.222 e. The van der Waals surface area contributed by atoms with Gasteiger partial charge < -0.3 is 15.4 Å². The third kappa shape index (κ3) is 6.36. The zero-order chi connectivity index (χ0) is 13.2. The van der Waals surface area contributed by atoms with Crippen molar-refractivity contribution >= 4 is 5.91 Å². The number of hydrogen-bond acceptors (Lipinski definition) is 3. The Morgan fingerprint density at radius 2 is 1.83 bits per heavy atom. The van der Waals surface area contributed by atoms with Crippen molar-refractivity contribution in [2.24, 2.45) is 0 Å². The maximum atomic E-state index is 11.6. The molecule has 0 radical (unpaired) electrons. The fourth-order valence-corrected chi connectivity index (χ4v) is 2.40. The molecule has 1 rings (SSSR count). The summed E-state index contributed by atoms with van der Waals surface area (Å²) in [6.07, 6.45) is 6.23. The summed E-state index contributed by atoms with van der Waals surface area (Å²) in [5, 5.41) is 6.66. The van der Waals surface area contributed by atoms with E-state index in [1.165, 1.54) is 19.3 Å². The molecule has 0 aliphatic heterocycles. The van der Waals surface area contributed by atoms with Gasteiger partial charge in [0, 0.05) is 25.1 Å². The third-order valence-electron chi connectivity index (χ3n) is 3.45. The second-order valence-corrected chi connectivity index (χ2v) is 5.02. The van der Waals surface area contributed by atoms with Crippen molar-refractivity contribution in [1.82, 2.24) is 10.6 Å². The highest BCUT2D eigenvalue weighted by molar-refractivity contribution is 5.76. The van der Waals surface area contributed by atoms with Gasteiger partial charge in [0.1, 0.15) is 0 Å². The largest absolute Gasteiger partial charge is 0.381 e. The number of rotatable bonds is 8. The molecule has 0 bridgehead atoms. The molecule has 106 valence electrons. The van der Waals surface area contributed by atoms with Crippen molar-refractivity contribution in [1.29, 1.82) is 0 Å². The van der Waals surface area contributed by atoms with Crippen molar-refractivity contribution in [2.75, 3.05) is 19.8 Å².